The Morgan fingerprint density at radius 1 is 1.62 bits per heavy atom. The second-order valence-electron chi connectivity index (χ2n) is 1.37. The van der Waals surface area contributed by atoms with Gasteiger partial charge in [0.15, 0.2) is 0 Å². The van der Waals surface area contributed by atoms with Crippen molar-refractivity contribution < 1.29 is 4.74 Å². The number of rotatable bonds is 3. The lowest BCUT2D eigenvalue weighted by Crippen LogP contribution is -1.97. The van der Waals surface area contributed by atoms with Crippen LogP contribution in [0.3, 0.4) is 0 Å². The molecule has 0 saturated carbocycles. The second kappa shape index (κ2) is 4.24. The standard InChI is InChI=1S/C6H11NO/c1-4-7(2)5-6-8-3/h4-6H,1H2,2-3H3/b6-5-. The molecule has 0 aromatic carbocycles. The zero-order valence-electron chi connectivity index (χ0n) is 5.29. The first-order valence-electron chi connectivity index (χ1n) is 2.35. The Morgan fingerprint density at radius 3 is 2.62 bits per heavy atom. The quantitative estimate of drug-likeness (QED) is 0.509. The highest BCUT2D eigenvalue weighted by atomic mass is 16.5. The number of hydrogen-bond acceptors (Lipinski definition) is 2. The van der Waals surface area contributed by atoms with Crippen LogP contribution in [0.15, 0.2) is 25.2 Å². The lowest BCUT2D eigenvalue weighted by Gasteiger charge is -2.02. The monoisotopic (exact) mass is 113 g/mol. The van der Waals surface area contributed by atoms with Crippen molar-refractivity contribution in [2.24, 2.45) is 0 Å². The summed E-state index contributed by atoms with van der Waals surface area (Å²) in [6.07, 6.45) is 5.05. The maximum atomic E-state index is 4.64. The number of nitrogens with zero attached hydrogens (tertiary/aromatic N) is 1. The molecular weight excluding hydrogens is 102 g/mol. The first-order chi connectivity index (χ1) is 3.81. The zero-order chi connectivity index (χ0) is 6.41. The number of ether oxygens (including phenoxy) is 1. The van der Waals surface area contributed by atoms with Crippen LogP contribution in [0, 0.1) is 0 Å². The molecule has 0 spiro atoms. The lowest BCUT2D eigenvalue weighted by molar-refractivity contribution is 0.330. The molecule has 2 nitrogen and oxygen atoms in total. The van der Waals surface area contributed by atoms with Gasteiger partial charge in [0.2, 0.25) is 0 Å². The fourth-order valence-corrected chi connectivity index (χ4v) is 0.218. The van der Waals surface area contributed by atoms with Crippen LogP contribution in [0.5, 0.6) is 0 Å². The van der Waals surface area contributed by atoms with Crippen molar-refractivity contribution >= 4 is 0 Å². The van der Waals surface area contributed by atoms with Crippen molar-refractivity contribution in [3.63, 3.8) is 0 Å². The van der Waals surface area contributed by atoms with Gasteiger partial charge in [-0.05, 0) is 6.20 Å². The summed E-state index contributed by atoms with van der Waals surface area (Å²) in [5, 5.41) is 0. The molecule has 0 aliphatic carbocycles. The fraction of sp³-hybridized carbons (Fsp3) is 0.333. The van der Waals surface area contributed by atoms with E-state index in [0.29, 0.717) is 0 Å². The van der Waals surface area contributed by atoms with Gasteiger partial charge in [0, 0.05) is 13.2 Å². The van der Waals surface area contributed by atoms with E-state index >= 15 is 0 Å². The van der Waals surface area contributed by atoms with E-state index in [-0.39, 0.29) is 0 Å². The van der Waals surface area contributed by atoms with E-state index in [9.17, 15) is 0 Å². The molecule has 0 rings (SSSR count). The third-order valence-corrected chi connectivity index (χ3v) is 0.720. The minimum absolute atomic E-state index is 1.58. The second-order valence-corrected chi connectivity index (χ2v) is 1.37. The number of hydrogen-bond donors (Lipinski definition) is 0. The van der Waals surface area contributed by atoms with Crippen molar-refractivity contribution in [3.8, 4) is 0 Å². The maximum absolute atomic E-state index is 4.64. The van der Waals surface area contributed by atoms with Gasteiger partial charge in [0.05, 0.1) is 13.4 Å². The molecule has 0 unspecified atom stereocenters. The van der Waals surface area contributed by atoms with Crippen molar-refractivity contribution in [2.45, 2.75) is 0 Å². The summed E-state index contributed by atoms with van der Waals surface area (Å²) in [6.45, 7) is 3.53. The Balaban J connectivity index is 3.35. The highest BCUT2D eigenvalue weighted by Crippen LogP contribution is 1.81. The van der Waals surface area contributed by atoms with Gasteiger partial charge in [-0.3, -0.25) is 0 Å². The normalized spacial score (nSPS) is 9.25. The molecule has 0 aliphatic rings. The molecule has 0 aromatic heterocycles. The minimum Gasteiger partial charge on any atom is -0.503 e. The van der Waals surface area contributed by atoms with Crippen molar-refractivity contribution in [2.75, 3.05) is 14.2 Å². The fourth-order valence-electron chi connectivity index (χ4n) is 0.218. The van der Waals surface area contributed by atoms with E-state index in [1.807, 2.05) is 7.05 Å². The number of methoxy groups -OCH3 is 1. The van der Waals surface area contributed by atoms with Crippen molar-refractivity contribution in [3.05, 3.63) is 25.2 Å². The van der Waals surface area contributed by atoms with E-state index in [1.54, 1.807) is 30.7 Å². The third kappa shape index (κ3) is 3.28. The molecule has 8 heavy (non-hydrogen) atoms. The summed E-state index contributed by atoms with van der Waals surface area (Å²) < 4.78 is 4.64. The van der Waals surface area contributed by atoms with Crippen LogP contribution in [-0.4, -0.2) is 19.1 Å². The Morgan fingerprint density at radius 2 is 2.25 bits per heavy atom. The lowest BCUT2D eigenvalue weighted by atomic mass is 10.8. The van der Waals surface area contributed by atoms with E-state index in [4.69, 9.17) is 0 Å². The van der Waals surface area contributed by atoms with Crippen LogP contribution in [0.4, 0.5) is 0 Å². The van der Waals surface area contributed by atoms with Crippen LogP contribution in [0.25, 0.3) is 0 Å². The molecule has 0 N–H and O–H groups in total. The molecule has 0 fully saturated rings. The van der Waals surface area contributed by atoms with Crippen LogP contribution in [0.2, 0.25) is 0 Å². The summed E-state index contributed by atoms with van der Waals surface area (Å²) in [4.78, 5) is 1.80. The van der Waals surface area contributed by atoms with Gasteiger partial charge in [-0.15, -0.1) is 0 Å². The molecule has 0 aromatic rings. The maximum Gasteiger partial charge on any atom is 0.0986 e. The van der Waals surface area contributed by atoms with Crippen LogP contribution < -0.4 is 0 Å². The SMILES string of the molecule is C=CN(C)/C=C\OC. The average molecular weight is 113 g/mol. The molecular formula is C6H11NO. The predicted molar refractivity (Wildman–Crippen MR) is 34.1 cm³/mol. The van der Waals surface area contributed by atoms with Gasteiger partial charge in [0.1, 0.15) is 0 Å². The van der Waals surface area contributed by atoms with Crippen molar-refractivity contribution in [1.29, 1.82) is 0 Å². The smallest absolute Gasteiger partial charge is 0.0986 e. The Bertz CT molecular complexity index is 88.5. The van der Waals surface area contributed by atoms with E-state index in [1.165, 1.54) is 0 Å². The largest absolute Gasteiger partial charge is 0.503 e. The molecule has 0 heterocycles. The third-order valence-electron chi connectivity index (χ3n) is 0.720. The minimum atomic E-state index is 1.58. The van der Waals surface area contributed by atoms with Gasteiger partial charge in [-0.1, -0.05) is 6.58 Å². The Labute approximate surface area is 50.1 Å². The average Bonchev–Trinajstić information content (AvgIpc) is 1.83. The Kier molecular flexibility index (Phi) is 3.76. The van der Waals surface area contributed by atoms with E-state index < -0.39 is 0 Å². The van der Waals surface area contributed by atoms with Gasteiger partial charge in [-0.25, -0.2) is 0 Å². The summed E-state index contributed by atoms with van der Waals surface area (Å²) in [5.74, 6) is 0. The molecule has 0 atom stereocenters. The molecule has 0 amide bonds. The first kappa shape index (κ1) is 7.08. The van der Waals surface area contributed by atoms with Crippen LogP contribution in [0.1, 0.15) is 0 Å². The van der Waals surface area contributed by atoms with E-state index in [2.05, 4.69) is 11.3 Å². The first-order valence-corrected chi connectivity index (χ1v) is 2.35. The van der Waals surface area contributed by atoms with Gasteiger partial charge < -0.3 is 9.64 Å². The Hall–Kier alpha value is -0.920. The summed E-state index contributed by atoms with van der Waals surface area (Å²) in [7, 11) is 3.48. The van der Waals surface area contributed by atoms with Gasteiger partial charge >= 0.3 is 0 Å². The molecule has 2 heteroatoms. The summed E-state index contributed by atoms with van der Waals surface area (Å²) in [5.41, 5.74) is 0. The van der Waals surface area contributed by atoms with Crippen LogP contribution in [-0.2, 0) is 4.74 Å². The molecule has 0 bridgehead atoms. The topological polar surface area (TPSA) is 12.5 Å². The molecule has 0 saturated heterocycles. The predicted octanol–water partition coefficient (Wildman–Crippen LogP) is 1.18. The summed E-state index contributed by atoms with van der Waals surface area (Å²) >= 11 is 0. The van der Waals surface area contributed by atoms with Crippen LogP contribution >= 0.6 is 0 Å². The molecule has 0 radical (unpaired) electrons. The molecule has 0 aliphatic heterocycles. The van der Waals surface area contributed by atoms with E-state index in [0.717, 1.165) is 0 Å². The summed E-state index contributed by atoms with van der Waals surface area (Å²) in [6, 6.07) is 0. The van der Waals surface area contributed by atoms with Crippen molar-refractivity contribution in [1.82, 2.24) is 4.90 Å². The van der Waals surface area contributed by atoms with Gasteiger partial charge in [0.25, 0.3) is 0 Å². The highest BCUT2D eigenvalue weighted by molar-refractivity contribution is 4.79. The van der Waals surface area contributed by atoms with Gasteiger partial charge in [-0.2, -0.15) is 0 Å². The molecule has 46 valence electrons. The zero-order valence-corrected chi connectivity index (χ0v) is 5.29. The highest BCUT2D eigenvalue weighted by Gasteiger charge is 1.74.